The van der Waals surface area contributed by atoms with Crippen LogP contribution in [0.2, 0.25) is 0 Å². The molecule has 0 unspecified atom stereocenters. The van der Waals surface area contributed by atoms with Crippen LogP contribution in [0.1, 0.15) is 126 Å². The van der Waals surface area contributed by atoms with Gasteiger partial charge < -0.3 is 4.74 Å². The SMILES string of the molecule is CC1CCC(c2ccc(-c3ccc(C4CCC(C)CC4)cc3F)cc2)CC1.Cc1ccc(OC(=O)C2CCC(C)CC2)c(F)c1F. The van der Waals surface area contributed by atoms with E-state index >= 15 is 0 Å². The summed E-state index contributed by atoms with van der Waals surface area (Å²) >= 11 is 0. The van der Waals surface area contributed by atoms with Gasteiger partial charge in [-0.1, -0.05) is 88.9 Å². The molecule has 0 radical (unpaired) electrons. The van der Waals surface area contributed by atoms with Gasteiger partial charge in [0, 0.05) is 5.56 Å². The van der Waals surface area contributed by atoms with Crippen molar-refractivity contribution in [2.75, 3.05) is 0 Å². The van der Waals surface area contributed by atoms with Crippen LogP contribution in [0.25, 0.3) is 11.1 Å². The summed E-state index contributed by atoms with van der Waals surface area (Å²) in [6.45, 7) is 8.31. The van der Waals surface area contributed by atoms with E-state index in [0.717, 1.165) is 48.6 Å². The third-order valence-electron chi connectivity index (χ3n) is 11.0. The van der Waals surface area contributed by atoms with E-state index in [0.29, 0.717) is 17.8 Å². The molecular weight excluding hydrogens is 581 g/mol. The van der Waals surface area contributed by atoms with Crippen LogP contribution < -0.4 is 4.74 Å². The highest BCUT2D eigenvalue weighted by molar-refractivity contribution is 5.75. The fourth-order valence-corrected chi connectivity index (χ4v) is 7.54. The lowest BCUT2D eigenvalue weighted by atomic mass is 9.79. The number of esters is 1. The molecule has 3 saturated carbocycles. The molecule has 248 valence electrons. The average Bonchev–Trinajstić information content (AvgIpc) is 3.06. The van der Waals surface area contributed by atoms with E-state index in [2.05, 4.69) is 51.1 Å². The van der Waals surface area contributed by atoms with Gasteiger partial charge in [0.1, 0.15) is 5.82 Å². The van der Waals surface area contributed by atoms with Crippen molar-refractivity contribution in [3.8, 4) is 16.9 Å². The summed E-state index contributed by atoms with van der Waals surface area (Å²) in [5.41, 5.74) is 4.56. The van der Waals surface area contributed by atoms with Crippen LogP contribution in [0, 0.1) is 48.0 Å². The van der Waals surface area contributed by atoms with E-state index in [9.17, 15) is 18.0 Å². The van der Waals surface area contributed by atoms with Crippen molar-refractivity contribution in [2.45, 2.75) is 117 Å². The van der Waals surface area contributed by atoms with Gasteiger partial charge in [-0.25, -0.2) is 8.78 Å². The number of rotatable bonds is 5. The highest BCUT2D eigenvalue weighted by Gasteiger charge is 2.27. The number of hydrogen-bond acceptors (Lipinski definition) is 2. The van der Waals surface area contributed by atoms with E-state index in [1.165, 1.54) is 81.5 Å². The summed E-state index contributed by atoms with van der Waals surface area (Å²) in [6.07, 6.45) is 13.7. The zero-order valence-electron chi connectivity index (χ0n) is 28.1. The predicted molar refractivity (Wildman–Crippen MR) is 180 cm³/mol. The summed E-state index contributed by atoms with van der Waals surface area (Å²) < 4.78 is 46.8. The zero-order valence-corrected chi connectivity index (χ0v) is 28.1. The maximum Gasteiger partial charge on any atom is 0.314 e. The van der Waals surface area contributed by atoms with Crippen LogP contribution in [0.4, 0.5) is 13.2 Å². The molecular formula is C41H51F3O2. The summed E-state index contributed by atoms with van der Waals surface area (Å²) in [5.74, 6) is 0.498. The van der Waals surface area contributed by atoms with Crippen molar-refractivity contribution < 1.29 is 22.7 Å². The van der Waals surface area contributed by atoms with Gasteiger partial charge in [-0.05, 0) is 122 Å². The average molecular weight is 633 g/mol. The monoisotopic (exact) mass is 632 g/mol. The second-order valence-electron chi connectivity index (χ2n) is 14.7. The molecule has 46 heavy (non-hydrogen) atoms. The van der Waals surface area contributed by atoms with Crippen molar-refractivity contribution in [3.63, 3.8) is 0 Å². The minimum absolute atomic E-state index is 0.0645. The topological polar surface area (TPSA) is 26.3 Å². The Morgan fingerprint density at radius 1 is 0.609 bits per heavy atom. The molecule has 0 amide bonds. The predicted octanol–water partition coefficient (Wildman–Crippen LogP) is 12.1. The highest BCUT2D eigenvalue weighted by atomic mass is 19.2. The molecule has 0 heterocycles. The molecule has 0 saturated heterocycles. The van der Waals surface area contributed by atoms with Crippen molar-refractivity contribution in [1.82, 2.24) is 0 Å². The Balaban J connectivity index is 0.000000193. The van der Waals surface area contributed by atoms with Crippen molar-refractivity contribution in [2.24, 2.45) is 23.7 Å². The minimum Gasteiger partial charge on any atom is -0.423 e. The molecule has 0 atom stereocenters. The normalized spacial score (nSPS) is 26.5. The number of halogens is 3. The van der Waals surface area contributed by atoms with E-state index in [4.69, 9.17) is 4.74 Å². The van der Waals surface area contributed by atoms with Gasteiger partial charge in [-0.15, -0.1) is 0 Å². The molecule has 3 aliphatic carbocycles. The number of aryl methyl sites for hydroxylation is 1. The molecule has 2 nitrogen and oxygen atoms in total. The lowest BCUT2D eigenvalue weighted by molar-refractivity contribution is -0.140. The smallest absolute Gasteiger partial charge is 0.314 e. The van der Waals surface area contributed by atoms with Gasteiger partial charge in [-0.3, -0.25) is 4.79 Å². The molecule has 6 rings (SSSR count). The molecule has 0 aliphatic heterocycles. The van der Waals surface area contributed by atoms with E-state index < -0.39 is 17.6 Å². The molecule has 0 spiro atoms. The van der Waals surface area contributed by atoms with Crippen molar-refractivity contribution in [1.29, 1.82) is 0 Å². The van der Waals surface area contributed by atoms with Crippen LogP contribution in [-0.4, -0.2) is 5.97 Å². The fraction of sp³-hybridized carbons (Fsp3) is 0.537. The van der Waals surface area contributed by atoms with Gasteiger partial charge in [0.05, 0.1) is 5.92 Å². The van der Waals surface area contributed by atoms with E-state index in [1.54, 1.807) is 6.07 Å². The molecule has 0 bridgehead atoms. The lowest BCUT2D eigenvalue weighted by Crippen LogP contribution is -2.25. The summed E-state index contributed by atoms with van der Waals surface area (Å²) in [4.78, 5) is 11.9. The largest absolute Gasteiger partial charge is 0.423 e. The molecule has 3 aromatic rings. The Hall–Kier alpha value is -3.08. The van der Waals surface area contributed by atoms with Gasteiger partial charge in [0.15, 0.2) is 11.6 Å². The summed E-state index contributed by atoms with van der Waals surface area (Å²) in [7, 11) is 0. The molecule has 3 aromatic carbocycles. The Labute approximate surface area is 274 Å². The maximum atomic E-state index is 14.9. The number of carbonyl (C=O) groups excluding carboxylic acids is 1. The van der Waals surface area contributed by atoms with Crippen LogP contribution in [-0.2, 0) is 4.79 Å². The second kappa shape index (κ2) is 15.7. The van der Waals surface area contributed by atoms with Gasteiger partial charge >= 0.3 is 5.97 Å². The van der Waals surface area contributed by atoms with Crippen molar-refractivity contribution in [3.05, 3.63) is 88.7 Å². The van der Waals surface area contributed by atoms with Crippen molar-refractivity contribution >= 4 is 5.97 Å². The summed E-state index contributed by atoms with van der Waals surface area (Å²) in [5, 5.41) is 0. The van der Waals surface area contributed by atoms with Gasteiger partial charge in [-0.2, -0.15) is 4.39 Å². The Morgan fingerprint density at radius 2 is 1.11 bits per heavy atom. The Kier molecular flexibility index (Phi) is 11.7. The third-order valence-corrected chi connectivity index (χ3v) is 11.0. The molecule has 3 aliphatic rings. The quantitative estimate of drug-likeness (QED) is 0.207. The lowest BCUT2D eigenvalue weighted by Gasteiger charge is -2.27. The van der Waals surface area contributed by atoms with E-state index in [-0.39, 0.29) is 23.0 Å². The van der Waals surface area contributed by atoms with Crippen LogP contribution >= 0.6 is 0 Å². The summed E-state index contributed by atoms with van der Waals surface area (Å²) in [6, 6.07) is 17.4. The maximum absolute atomic E-state index is 14.9. The second-order valence-corrected chi connectivity index (χ2v) is 14.7. The Morgan fingerprint density at radius 3 is 1.65 bits per heavy atom. The van der Waals surface area contributed by atoms with Gasteiger partial charge in [0.2, 0.25) is 5.82 Å². The number of carbonyl (C=O) groups is 1. The number of hydrogen-bond donors (Lipinski definition) is 0. The fourth-order valence-electron chi connectivity index (χ4n) is 7.54. The first kappa shape index (κ1) is 34.3. The minimum atomic E-state index is -1.09. The van der Waals surface area contributed by atoms with Gasteiger partial charge in [0.25, 0.3) is 0 Å². The molecule has 0 aromatic heterocycles. The standard InChI is InChI=1S/C26H33F.C15H18F2O2/c1-18-3-7-20(8-4-18)21-11-13-23(14-12-21)25-16-15-24(17-26(25)27)22-9-5-19(2)6-10-22;1-9-3-6-11(7-4-9)15(18)19-12-8-5-10(2)13(16)14(12)17/h11-20,22H,3-10H2,1-2H3;5,8-9,11H,3-4,6-7H2,1-2H3. The zero-order chi connectivity index (χ0) is 32.8. The van der Waals surface area contributed by atoms with Crippen LogP contribution in [0.5, 0.6) is 5.75 Å². The molecule has 5 heteroatoms. The van der Waals surface area contributed by atoms with E-state index in [1.807, 2.05) is 6.07 Å². The number of ether oxygens (including phenoxy) is 1. The molecule has 0 N–H and O–H groups in total. The van der Waals surface area contributed by atoms with Crippen LogP contribution in [0.15, 0.2) is 54.6 Å². The molecule has 3 fully saturated rings. The first-order valence-corrected chi connectivity index (χ1v) is 17.6. The Bertz CT molecular complexity index is 1440. The van der Waals surface area contributed by atoms with Crippen LogP contribution in [0.3, 0.4) is 0 Å². The third kappa shape index (κ3) is 8.63. The first-order valence-electron chi connectivity index (χ1n) is 17.6. The first-order chi connectivity index (χ1) is 22.1. The highest BCUT2D eigenvalue weighted by Crippen LogP contribution is 2.39. The number of benzene rings is 3.